The molecule has 0 heterocycles. The number of ketones is 1. The summed E-state index contributed by atoms with van der Waals surface area (Å²) in [6.07, 6.45) is 13.4. The van der Waals surface area contributed by atoms with Crippen LogP contribution in [0.4, 0.5) is 0 Å². The van der Waals surface area contributed by atoms with Crippen molar-refractivity contribution >= 4 is 17.7 Å². The third kappa shape index (κ3) is 16.8. The van der Waals surface area contributed by atoms with Crippen molar-refractivity contribution in [2.75, 3.05) is 0 Å². The highest BCUT2D eigenvalue weighted by Gasteiger charge is 2.26. The first-order chi connectivity index (χ1) is 13.4. The van der Waals surface area contributed by atoms with Crippen LogP contribution in [-0.4, -0.2) is 29.9 Å². The lowest BCUT2D eigenvalue weighted by molar-refractivity contribution is -0.166. The van der Waals surface area contributed by atoms with Crippen LogP contribution in [0.3, 0.4) is 0 Å². The van der Waals surface area contributed by atoms with Gasteiger partial charge in [-0.2, -0.15) is 0 Å². The molecule has 5 heteroatoms. The van der Waals surface area contributed by atoms with E-state index in [1.807, 2.05) is 0 Å². The molecule has 0 radical (unpaired) electrons. The van der Waals surface area contributed by atoms with Gasteiger partial charge in [-0.15, -0.1) is 0 Å². The number of unbranched alkanes of at least 4 members (excludes halogenated alkanes) is 9. The number of carbonyl (C=O) groups is 3. The summed E-state index contributed by atoms with van der Waals surface area (Å²) >= 11 is 0. The second-order valence-electron chi connectivity index (χ2n) is 7.86. The summed E-state index contributed by atoms with van der Waals surface area (Å²) in [5.41, 5.74) is 0. The average molecular weight is 399 g/mol. The van der Waals surface area contributed by atoms with Crippen LogP contribution in [-0.2, 0) is 23.9 Å². The van der Waals surface area contributed by atoms with E-state index in [1.54, 1.807) is 6.92 Å². The molecule has 164 valence electrons. The van der Waals surface area contributed by atoms with Gasteiger partial charge in [-0.3, -0.25) is 9.59 Å². The molecule has 0 fully saturated rings. The van der Waals surface area contributed by atoms with Gasteiger partial charge in [0.05, 0.1) is 0 Å². The first-order valence-corrected chi connectivity index (χ1v) is 11.2. The maximum Gasteiger partial charge on any atom is 0.303 e. The Kier molecular flexibility index (Phi) is 16.8. The molecule has 0 aromatic rings. The molecule has 0 amide bonds. The molecule has 0 spiro atoms. The van der Waals surface area contributed by atoms with Crippen molar-refractivity contribution in [2.24, 2.45) is 0 Å². The average Bonchev–Trinajstić information content (AvgIpc) is 2.61. The Morgan fingerprint density at radius 1 is 0.607 bits per heavy atom. The monoisotopic (exact) mass is 398 g/mol. The largest absolute Gasteiger partial charge is 0.459 e. The number of carbonyl (C=O) groups excluding carboxylic acids is 3. The van der Waals surface area contributed by atoms with E-state index in [0.29, 0.717) is 12.8 Å². The molecular formula is C23H42O5. The smallest absolute Gasteiger partial charge is 0.303 e. The zero-order valence-electron chi connectivity index (χ0n) is 18.6. The third-order valence-electron chi connectivity index (χ3n) is 4.91. The third-order valence-corrected chi connectivity index (χ3v) is 4.91. The van der Waals surface area contributed by atoms with Crippen molar-refractivity contribution < 1.29 is 23.9 Å². The van der Waals surface area contributed by atoms with Crippen LogP contribution in [0.1, 0.15) is 118 Å². The number of ether oxygens (including phenoxy) is 2. The molecule has 0 rings (SSSR count). The van der Waals surface area contributed by atoms with Gasteiger partial charge in [0.1, 0.15) is 18.0 Å². The maximum absolute atomic E-state index is 11.5. The topological polar surface area (TPSA) is 69.7 Å². The van der Waals surface area contributed by atoms with Crippen molar-refractivity contribution in [1.29, 1.82) is 0 Å². The van der Waals surface area contributed by atoms with E-state index in [0.717, 1.165) is 51.4 Å². The van der Waals surface area contributed by atoms with Crippen molar-refractivity contribution in [3.05, 3.63) is 0 Å². The molecular weight excluding hydrogens is 356 g/mol. The molecule has 0 aliphatic heterocycles. The van der Waals surface area contributed by atoms with Crippen LogP contribution < -0.4 is 0 Å². The zero-order chi connectivity index (χ0) is 21.2. The predicted molar refractivity (Wildman–Crippen MR) is 112 cm³/mol. The van der Waals surface area contributed by atoms with Gasteiger partial charge in [-0.25, -0.2) is 0 Å². The minimum Gasteiger partial charge on any atom is -0.459 e. The highest BCUT2D eigenvalue weighted by atomic mass is 16.6. The molecule has 28 heavy (non-hydrogen) atoms. The van der Waals surface area contributed by atoms with Crippen LogP contribution in [0.2, 0.25) is 0 Å². The van der Waals surface area contributed by atoms with Gasteiger partial charge >= 0.3 is 11.9 Å². The fourth-order valence-electron chi connectivity index (χ4n) is 3.44. The zero-order valence-corrected chi connectivity index (χ0v) is 18.6. The van der Waals surface area contributed by atoms with Crippen LogP contribution in [0.25, 0.3) is 0 Å². The Bertz CT molecular complexity index is 433. The van der Waals surface area contributed by atoms with Crippen molar-refractivity contribution in [1.82, 2.24) is 0 Å². The fraction of sp³-hybridized carbons (Fsp3) is 0.870. The summed E-state index contributed by atoms with van der Waals surface area (Å²) < 4.78 is 11.0. The lowest BCUT2D eigenvalue weighted by atomic mass is 9.99. The highest BCUT2D eigenvalue weighted by Crippen LogP contribution is 2.20. The van der Waals surface area contributed by atoms with Gasteiger partial charge in [-0.05, 0) is 39.0 Å². The molecule has 0 saturated heterocycles. The van der Waals surface area contributed by atoms with E-state index in [2.05, 4.69) is 6.92 Å². The summed E-state index contributed by atoms with van der Waals surface area (Å²) in [7, 11) is 0. The minimum atomic E-state index is -0.366. The summed E-state index contributed by atoms with van der Waals surface area (Å²) in [4.78, 5) is 34.0. The van der Waals surface area contributed by atoms with E-state index in [4.69, 9.17) is 9.47 Å². The summed E-state index contributed by atoms with van der Waals surface area (Å²) in [6, 6.07) is 0. The number of Topliss-reactive ketones (excluding diaryl/α,β-unsaturated/α-hetero) is 1. The fourth-order valence-corrected chi connectivity index (χ4v) is 3.44. The van der Waals surface area contributed by atoms with Crippen molar-refractivity contribution in [3.63, 3.8) is 0 Å². The quantitative estimate of drug-likeness (QED) is 0.212. The van der Waals surface area contributed by atoms with Gasteiger partial charge in [0.2, 0.25) is 0 Å². The highest BCUT2D eigenvalue weighted by molar-refractivity contribution is 5.75. The predicted octanol–water partition coefficient (Wildman–Crippen LogP) is 5.92. The van der Waals surface area contributed by atoms with Gasteiger partial charge in [-0.1, -0.05) is 58.3 Å². The Hall–Kier alpha value is -1.39. The lowest BCUT2D eigenvalue weighted by Crippen LogP contribution is -2.34. The van der Waals surface area contributed by atoms with Crippen LogP contribution in [0, 0.1) is 0 Å². The van der Waals surface area contributed by atoms with Gasteiger partial charge in [0.25, 0.3) is 0 Å². The molecule has 0 saturated carbocycles. The summed E-state index contributed by atoms with van der Waals surface area (Å²) in [6.45, 7) is 6.64. The van der Waals surface area contributed by atoms with Crippen molar-refractivity contribution in [2.45, 2.75) is 130 Å². The van der Waals surface area contributed by atoms with E-state index < -0.39 is 0 Å². The number of hydrogen-bond acceptors (Lipinski definition) is 5. The van der Waals surface area contributed by atoms with Crippen LogP contribution in [0.5, 0.6) is 0 Å². The molecule has 2 unspecified atom stereocenters. The summed E-state index contributed by atoms with van der Waals surface area (Å²) in [5, 5.41) is 0. The van der Waals surface area contributed by atoms with E-state index in [1.165, 1.54) is 39.5 Å². The first kappa shape index (κ1) is 26.6. The molecule has 0 aliphatic rings. The Balaban J connectivity index is 4.40. The van der Waals surface area contributed by atoms with Gasteiger partial charge in [0.15, 0.2) is 0 Å². The number of esters is 2. The Morgan fingerprint density at radius 3 is 1.39 bits per heavy atom. The minimum absolute atomic E-state index is 0.244. The van der Waals surface area contributed by atoms with Crippen LogP contribution >= 0.6 is 0 Å². The Morgan fingerprint density at radius 2 is 1.00 bits per heavy atom. The molecule has 2 atom stereocenters. The Labute approximate surface area is 171 Å². The van der Waals surface area contributed by atoms with E-state index in [9.17, 15) is 14.4 Å². The first-order valence-electron chi connectivity index (χ1n) is 11.2. The maximum atomic E-state index is 11.5. The van der Waals surface area contributed by atoms with E-state index in [-0.39, 0.29) is 29.9 Å². The normalized spacial score (nSPS) is 13.0. The molecule has 0 aromatic heterocycles. The lowest BCUT2D eigenvalue weighted by Gasteiger charge is -2.26. The second-order valence-corrected chi connectivity index (χ2v) is 7.86. The van der Waals surface area contributed by atoms with Gasteiger partial charge in [0, 0.05) is 20.3 Å². The van der Waals surface area contributed by atoms with Crippen molar-refractivity contribution in [3.8, 4) is 0 Å². The molecule has 5 nitrogen and oxygen atoms in total. The molecule has 0 aliphatic carbocycles. The van der Waals surface area contributed by atoms with E-state index >= 15 is 0 Å². The molecule has 0 N–H and O–H groups in total. The number of rotatable bonds is 18. The molecule has 0 bridgehead atoms. The van der Waals surface area contributed by atoms with Crippen LogP contribution in [0.15, 0.2) is 0 Å². The number of hydrogen-bond donors (Lipinski definition) is 0. The standard InChI is InChI=1S/C23H42O5/c1-5-6-7-8-11-14-17-22(27-20(3)25)23(28-21(4)26)18-15-12-9-10-13-16-19(2)24/h22-23H,5-18H2,1-4H3. The van der Waals surface area contributed by atoms with Gasteiger partial charge < -0.3 is 14.3 Å². The molecule has 0 aromatic carbocycles. The summed E-state index contributed by atoms with van der Waals surface area (Å²) in [5.74, 6) is -0.405. The SMILES string of the molecule is CCCCCCCCC(OC(C)=O)C(CCCCCCCC(C)=O)OC(C)=O. The second kappa shape index (κ2) is 17.7.